The van der Waals surface area contributed by atoms with Crippen LogP contribution in [0.25, 0.3) is 0 Å². The van der Waals surface area contributed by atoms with Crippen molar-refractivity contribution in [3.8, 4) is 6.07 Å². The van der Waals surface area contributed by atoms with Crippen LogP contribution in [0.2, 0.25) is 0 Å². The number of likely N-dealkylation sites (tertiary alicyclic amines) is 1. The average molecular weight is 460 g/mol. The number of nitriles is 1. The minimum atomic E-state index is -0.385. The fourth-order valence-electron chi connectivity index (χ4n) is 5.61. The number of pyridine rings is 1. The molecule has 1 aromatic heterocycles. The maximum atomic E-state index is 13.2. The number of hydrogen-bond donors (Lipinski definition) is 2. The number of carbonyl (C=O) groups excluding carboxylic acids is 2. The van der Waals surface area contributed by atoms with Gasteiger partial charge >= 0.3 is 6.03 Å². The van der Waals surface area contributed by atoms with E-state index in [9.17, 15) is 14.4 Å². The predicted molar refractivity (Wildman–Crippen MR) is 128 cm³/mol. The van der Waals surface area contributed by atoms with Crippen molar-refractivity contribution in [2.24, 2.45) is 5.92 Å². The van der Waals surface area contributed by atoms with Gasteiger partial charge < -0.3 is 20.1 Å². The van der Waals surface area contributed by atoms with E-state index in [1.165, 1.54) is 19.3 Å². The molecule has 2 bridgehead atoms. The van der Waals surface area contributed by atoms with E-state index in [0.717, 1.165) is 25.0 Å². The minimum Gasteiger partial charge on any atom is -0.335 e. The van der Waals surface area contributed by atoms with Gasteiger partial charge in [0.15, 0.2) is 0 Å². The SMILES string of the molecule is N#Cc1ccc(C(=O)Nc2ccc3n(c2=O)CC2CC3CN(C(=O)NC3CCCCC3)C2)cc1. The van der Waals surface area contributed by atoms with Gasteiger partial charge in [0.1, 0.15) is 5.69 Å². The van der Waals surface area contributed by atoms with Gasteiger partial charge in [0, 0.05) is 42.9 Å². The molecule has 3 heterocycles. The second-order valence-electron chi connectivity index (χ2n) is 9.72. The quantitative estimate of drug-likeness (QED) is 0.733. The molecular weight excluding hydrogens is 430 g/mol. The Morgan fingerprint density at radius 3 is 2.47 bits per heavy atom. The van der Waals surface area contributed by atoms with Crippen LogP contribution < -0.4 is 16.2 Å². The third-order valence-electron chi connectivity index (χ3n) is 7.35. The van der Waals surface area contributed by atoms with E-state index >= 15 is 0 Å². The summed E-state index contributed by atoms with van der Waals surface area (Å²) in [6.07, 6.45) is 6.68. The van der Waals surface area contributed by atoms with Crippen molar-refractivity contribution in [2.45, 2.75) is 57.0 Å². The molecule has 5 rings (SSSR count). The molecule has 0 spiro atoms. The van der Waals surface area contributed by atoms with Gasteiger partial charge in [0.05, 0.1) is 11.6 Å². The number of fused-ring (bicyclic) bond motifs is 4. The highest BCUT2D eigenvalue weighted by molar-refractivity contribution is 6.04. The molecule has 34 heavy (non-hydrogen) atoms. The Balaban J connectivity index is 1.29. The zero-order valence-corrected chi connectivity index (χ0v) is 19.1. The third kappa shape index (κ3) is 4.43. The first-order chi connectivity index (χ1) is 16.5. The van der Waals surface area contributed by atoms with Gasteiger partial charge in [-0.3, -0.25) is 9.59 Å². The van der Waals surface area contributed by atoms with E-state index in [1.54, 1.807) is 34.9 Å². The first-order valence-electron chi connectivity index (χ1n) is 12.1. The van der Waals surface area contributed by atoms with E-state index in [-0.39, 0.29) is 41.1 Å². The summed E-state index contributed by atoms with van der Waals surface area (Å²) in [6, 6.07) is 12.2. The van der Waals surface area contributed by atoms with E-state index in [0.29, 0.717) is 30.8 Å². The van der Waals surface area contributed by atoms with Crippen LogP contribution in [0.1, 0.15) is 66.1 Å². The standard InChI is InChI=1S/C26H29N5O3/c27-13-17-6-8-19(9-7-17)24(32)29-22-10-11-23-20-12-18(15-31(23)25(22)33)14-30(16-20)26(34)28-21-4-2-1-3-5-21/h6-11,18,20-21H,1-5,12,14-16H2,(H,28,34)(H,29,32). The number of carbonyl (C=O) groups is 2. The maximum Gasteiger partial charge on any atom is 0.317 e. The number of nitrogens with zero attached hydrogens (tertiary/aromatic N) is 3. The number of piperidine rings is 1. The lowest BCUT2D eigenvalue weighted by Crippen LogP contribution is -2.53. The Morgan fingerprint density at radius 1 is 0.971 bits per heavy atom. The van der Waals surface area contributed by atoms with Crippen molar-refractivity contribution < 1.29 is 9.59 Å². The smallest absolute Gasteiger partial charge is 0.317 e. The van der Waals surface area contributed by atoms with Crippen molar-refractivity contribution >= 4 is 17.6 Å². The molecule has 3 aliphatic rings. The molecule has 2 aromatic rings. The molecule has 1 saturated carbocycles. The first kappa shape index (κ1) is 22.2. The van der Waals surface area contributed by atoms with Crippen LogP contribution in [0.4, 0.5) is 10.5 Å². The second-order valence-corrected chi connectivity index (χ2v) is 9.72. The number of anilines is 1. The number of aromatic nitrogens is 1. The zero-order valence-electron chi connectivity index (χ0n) is 19.1. The number of hydrogen-bond acceptors (Lipinski definition) is 4. The molecule has 1 aromatic carbocycles. The van der Waals surface area contributed by atoms with Gasteiger partial charge in [0.2, 0.25) is 0 Å². The number of amides is 3. The third-order valence-corrected chi connectivity index (χ3v) is 7.35. The zero-order chi connectivity index (χ0) is 23.7. The number of benzene rings is 1. The van der Waals surface area contributed by atoms with Gasteiger partial charge in [0.25, 0.3) is 11.5 Å². The molecule has 3 amide bonds. The Bertz CT molecular complexity index is 1190. The fraction of sp³-hybridized carbons (Fsp3) is 0.462. The Labute approximate surface area is 198 Å². The van der Waals surface area contributed by atoms with Crippen LogP contribution in [0.3, 0.4) is 0 Å². The summed E-state index contributed by atoms with van der Waals surface area (Å²) in [5.74, 6) is -0.0604. The van der Waals surface area contributed by atoms with Crippen molar-refractivity contribution in [3.05, 3.63) is 63.6 Å². The van der Waals surface area contributed by atoms with Gasteiger partial charge in [-0.1, -0.05) is 19.3 Å². The molecule has 0 radical (unpaired) electrons. The van der Waals surface area contributed by atoms with E-state index in [4.69, 9.17) is 5.26 Å². The number of urea groups is 1. The van der Waals surface area contributed by atoms with Gasteiger partial charge in [-0.05, 0) is 61.6 Å². The molecule has 2 N–H and O–H groups in total. The van der Waals surface area contributed by atoms with Gasteiger partial charge in [-0.15, -0.1) is 0 Å². The molecule has 8 heteroatoms. The van der Waals surface area contributed by atoms with E-state index in [1.807, 2.05) is 17.0 Å². The van der Waals surface area contributed by atoms with Crippen LogP contribution in [-0.2, 0) is 6.54 Å². The summed E-state index contributed by atoms with van der Waals surface area (Å²) >= 11 is 0. The second kappa shape index (κ2) is 9.34. The molecule has 1 saturated heterocycles. The van der Waals surface area contributed by atoms with Crippen LogP contribution in [0.5, 0.6) is 0 Å². The van der Waals surface area contributed by atoms with Crippen molar-refractivity contribution in [1.29, 1.82) is 5.26 Å². The highest BCUT2D eigenvalue weighted by Gasteiger charge is 2.37. The van der Waals surface area contributed by atoms with Crippen LogP contribution >= 0.6 is 0 Å². The highest BCUT2D eigenvalue weighted by Crippen LogP contribution is 2.35. The van der Waals surface area contributed by atoms with Crippen molar-refractivity contribution in [3.63, 3.8) is 0 Å². The molecule has 2 aliphatic heterocycles. The Kier molecular flexibility index (Phi) is 6.10. The van der Waals surface area contributed by atoms with E-state index in [2.05, 4.69) is 10.6 Å². The maximum absolute atomic E-state index is 13.2. The molecule has 2 unspecified atom stereocenters. The molecule has 176 valence electrons. The molecular formula is C26H29N5O3. The largest absolute Gasteiger partial charge is 0.335 e. The summed E-state index contributed by atoms with van der Waals surface area (Å²) in [7, 11) is 0. The summed E-state index contributed by atoms with van der Waals surface area (Å²) in [5, 5.41) is 14.9. The summed E-state index contributed by atoms with van der Waals surface area (Å²) in [5.41, 5.74) is 1.81. The summed E-state index contributed by atoms with van der Waals surface area (Å²) in [4.78, 5) is 40.6. The summed E-state index contributed by atoms with van der Waals surface area (Å²) in [6.45, 7) is 1.78. The average Bonchev–Trinajstić information content (AvgIpc) is 2.86. The van der Waals surface area contributed by atoms with Crippen molar-refractivity contribution in [1.82, 2.24) is 14.8 Å². The van der Waals surface area contributed by atoms with Crippen molar-refractivity contribution in [2.75, 3.05) is 18.4 Å². The number of nitrogens with one attached hydrogen (secondary N) is 2. The fourth-order valence-corrected chi connectivity index (χ4v) is 5.61. The Hall–Kier alpha value is -3.60. The molecule has 1 aliphatic carbocycles. The molecule has 8 nitrogen and oxygen atoms in total. The first-order valence-corrected chi connectivity index (χ1v) is 12.1. The highest BCUT2D eigenvalue weighted by atomic mass is 16.2. The molecule has 2 fully saturated rings. The van der Waals surface area contributed by atoms with Gasteiger partial charge in [-0.2, -0.15) is 5.26 Å². The Morgan fingerprint density at radius 2 is 1.74 bits per heavy atom. The lowest BCUT2D eigenvalue weighted by molar-refractivity contribution is 0.102. The predicted octanol–water partition coefficient (Wildman–Crippen LogP) is 3.43. The lowest BCUT2D eigenvalue weighted by atomic mass is 9.83. The minimum absolute atomic E-state index is 0.0173. The van der Waals surface area contributed by atoms with Crippen LogP contribution in [0.15, 0.2) is 41.2 Å². The van der Waals surface area contributed by atoms with E-state index < -0.39 is 0 Å². The monoisotopic (exact) mass is 459 g/mol. The lowest BCUT2D eigenvalue weighted by Gasteiger charge is -2.43. The molecule has 2 atom stereocenters. The topological polar surface area (TPSA) is 107 Å². The van der Waals surface area contributed by atoms with Crippen LogP contribution in [-0.4, -0.2) is 40.5 Å². The van der Waals surface area contributed by atoms with Gasteiger partial charge in [-0.25, -0.2) is 4.79 Å². The van der Waals surface area contributed by atoms with Crippen LogP contribution in [0, 0.1) is 17.2 Å². The summed E-state index contributed by atoms with van der Waals surface area (Å²) < 4.78 is 1.77. The normalized spacial score (nSPS) is 21.8. The number of rotatable bonds is 3.